The van der Waals surface area contributed by atoms with E-state index < -0.39 is 0 Å². The summed E-state index contributed by atoms with van der Waals surface area (Å²) in [5, 5.41) is 3.41. The van der Waals surface area contributed by atoms with Gasteiger partial charge in [0.25, 0.3) is 0 Å². The lowest BCUT2D eigenvalue weighted by Crippen LogP contribution is -2.27. The first-order valence-corrected chi connectivity index (χ1v) is 6.45. The fraction of sp³-hybridized carbons (Fsp3) is 0.583. The molecule has 92 valence electrons. The zero-order valence-corrected chi connectivity index (χ0v) is 10.8. The van der Waals surface area contributed by atoms with Gasteiger partial charge in [-0.05, 0) is 31.6 Å². The Morgan fingerprint density at radius 1 is 1.29 bits per heavy atom. The maximum Gasteiger partial charge on any atom is 0.155 e. The van der Waals surface area contributed by atoms with E-state index in [1.54, 1.807) is 12.4 Å². The van der Waals surface area contributed by atoms with Crippen molar-refractivity contribution in [3.05, 3.63) is 18.1 Å². The predicted molar refractivity (Wildman–Crippen MR) is 73.0 cm³/mol. The average Bonchev–Trinajstić information content (AvgIpc) is 2.32. The van der Waals surface area contributed by atoms with E-state index in [2.05, 4.69) is 22.2 Å². The lowest BCUT2D eigenvalue weighted by atomic mass is 9.87. The highest BCUT2D eigenvalue weighted by Gasteiger charge is 2.19. The van der Waals surface area contributed by atoms with Gasteiger partial charge >= 0.3 is 0 Å². The van der Waals surface area contributed by atoms with Crippen LogP contribution < -0.4 is 11.1 Å². The number of nitrogens with one attached hydrogen (secondary N) is 1. The minimum Gasteiger partial charge on any atom is -0.388 e. The molecule has 1 aliphatic rings. The fourth-order valence-corrected chi connectivity index (χ4v) is 2.37. The summed E-state index contributed by atoms with van der Waals surface area (Å²) in [4.78, 5) is 8.74. The third-order valence-electron chi connectivity index (χ3n) is 3.29. The van der Waals surface area contributed by atoms with E-state index in [0.29, 0.717) is 16.7 Å². The van der Waals surface area contributed by atoms with Crippen LogP contribution in [0.5, 0.6) is 0 Å². The Morgan fingerprint density at radius 2 is 1.94 bits per heavy atom. The van der Waals surface area contributed by atoms with Gasteiger partial charge in [-0.3, -0.25) is 0 Å². The highest BCUT2D eigenvalue weighted by atomic mass is 32.1. The topological polar surface area (TPSA) is 63.8 Å². The molecule has 0 radical (unpaired) electrons. The van der Waals surface area contributed by atoms with Crippen molar-refractivity contribution in [2.75, 3.05) is 5.32 Å². The van der Waals surface area contributed by atoms with Crippen molar-refractivity contribution < 1.29 is 0 Å². The molecule has 1 aromatic rings. The Hall–Kier alpha value is -1.23. The van der Waals surface area contributed by atoms with Crippen LogP contribution in [-0.2, 0) is 0 Å². The second-order valence-electron chi connectivity index (χ2n) is 4.72. The first-order valence-electron chi connectivity index (χ1n) is 6.04. The molecule has 0 amide bonds. The van der Waals surface area contributed by atoms with Gasteiger partial charge in [0.2, 0.25) is 0 Å². The predicted octanol–water partition coefficient (Wildman–Crippen LogP) is 2.10. The second kappa shape index (κ2) is 5.40. The summed E-state index contributed by atoms with van der Waals surface area (Å²) >= 11 is 4.97. The van der Waals surface area contributed by atoms with E-state index in [0.717, 1.165) is 11.7 Å². The Labute approximate surface area is 107 Å². The van der Waals surface area contributed by atoms with Crippen molar-refractivity contribution in [2.45, 2.75) is 38.6 Å². The molecule has 17 heavy (non-hydrogen) atoms. The molecule has 1 saturated carbocycles. The zero-order valence-electron chi connectivity index (χ0n) is 10.0. The van der Waals surface area contributed by atoms with E-state index >= 15 is 0 Å². The number of rotatable bonds is 3. The fourth-order valence-electron chi connectivity index (χ4n) is 2.22. The minimum atomic E-state index is 0.296. The molecule has 1 aliphatic carbocycles. The van der Waals surface area contributed by atoms with Gasteiger partial charge in [-0.1, -0.05) is 19.1 Å². The summed E-state index contributed by atoms with van der Waals surface area (Å²) in [6.45, 7) is 2.30. The molecule has 2 rings (SSSR count). The monoisotopic (exact) mass is 250 g/mol. The van der Waals surface area contributed by atoms with Crippen LogP contribution in [-0.4, -0.2) is 21.0 Å². The van der Waals surface area contributed by atoms with Crippen molar-refractivity contribution in [3.8, 4) is 0 Å². The molecule has 0 atom stereocenters. The van der Waals surface area contributed by atoms with Crippen molar-refractivity contribution >= 4 is 23.0 Å². The summed E-state index contributed by atoms with van der Waals surface area (Å²) in [6, 6.07) is 0.469. The van der Waals surface area contributed by atoms with Gasteiger partial charge < -0.3 is 11.1 Å². The van der Waals surface area contributed by atoms with E-state index in [4.69, 9.17) is 18.0 Å². The molecule has 1 heterocycles. The van der Waals surface area contributed by atoms with E-state index in [9.17, 15) is 0 Å². The molecular formula is C12H18N4S. The number of nitrogens with two attached hydrogens (primary N) is 1. The minimum absolute atomic E-state index is 0.296. The molecule has 0 unspecified atom stereocenters. The molecule has 5 heteroatoms. The Bertz CT molecular complexity index is 399. The lowest BCUT2D eigenvalue weighted by molar-refractivity contribution is 0.360. The molecule has 1 aromatic heterocycles. The molecular weight excluding hydrogens is 232 g/mol. The molecule has 0 spiro atoms. The van der Waals surface area contributed by atoms with Crippen LogP contribution >= 0.6 is 12.2 Å². The lowest BCUT2D eigenvalue weighted by Gasteiger charge is -2.27. The SMILES string of the molecule is CC1CCC(Nc2nccnc2C(N)=S)CC1. The molecule has 0 aliphatic heterocycles. The summed E-state index contributed by atoms with van der Waals surface area (Å²) in [5.41, 5.74) is 6.23. The van der Waals surface area contributed by atoms with Gasteiger partial charge in [-0.15, -0.1) is 0 Å². The van der Waals surface area contributed by atoms with Crippen LogP contribution in [0.3, 0.4) is 0 Å². The van der Waals surface area contributed by atoms with Gasteiger partial charge in [0.1, 0.15) is 10.7 Å². The second-order valence-corrected chi connectivity index (χ2v) is 5.16. The van der Waals surface area contributed by atoms with Crippen LogP contribution in [0, 0.1) is 5.92 Å². The van der Waals surface area contributed by atoms with E-state index in [1.807, 2.05) is 0 Å². The third kappa shape index (κ3) is 3.12. The van der Waals surface area contributed by atoms with E-state index in [1.165, 1.54) is 25.7 Å². The number of anilines is 1. The average molecular weight is 250 g/mol. The summed E-state index contributed by atoms with van der Waals surface area (Å²) in [5.74, 6) is 1.56. The van der Waals surface area contributed by atoms with Crippen molar-refractivity contribution in [1.29, 1.82) is 0 Å². The summed E-state index contributed by atoms with van der Waals surface area (Å²) in [7, 11) is 0. The van der Waals surface area contributed by atoms with Gasteiger partial charge in [-0.2, -0.15) is 0 Å². The van der Waals surface area contributed by atoms with Crippen LogP contribution in [0.25, 0.3) is 0 Å². The highest BCUT2D eigenvalue weighted by Crippen LogP contribution is 2.26. The highest BCUT2D eigenvalue weighted by molar-refractivity contribution is 7.80. The Balaban J connectivity index is 2.05. The Morgan fingerprint density at radius 3 is 2.59 bits per heavy atom. The number of hydrogen-bond acceptors (Lipinski definition) is 4. The molecule has 0 bridgehead atoms. The molecule has 1 fully saturated rings. The number of aromatic nitrogens is 2. The van der Waals surface area contributed by atoms with Crippen molar-refractivity contribution in [2.24, 2.45) is 11.7 Å². The number of nitrogens with zero attached hydrogens (tertiary/aromatic N) is 2. The summed E-state index contributed by atoms with van der Waals surface area (Å²) in [6.07, 6.45) is 8.15. The third-order valence-corrected chi connectivity index (χ3v) is 3.48. The molecule has 4 nitrogen and oxygen atoms in total. The smallest absolute Gasteiger partial charge is 0.155 e. The molecule has 3 N–H and O–H groups in total. The van der Waals surface area contributed by atoms with Gasteiger partial charge in [0, 0.05) is 18.4 Å². The maximum atomic E-state index is 5.63. The van der Waals surface area contributed by atoms with Gasteiger partial charge in [0.15, 0.2) is 5.82 Å². The standard InChI is InChI=1S/C12H18N4S/c1-8-2-4-9(5-3-8)16-12-10(11(13)17)14-6-7-15-12/h6-9H,2-5H2,1H3,(H2,13,17)(H,15,16). The Kier molecular flexibility index (Phi) is 3.89. The van der Waals surface area contributed by atoms with Crippen molar-refractivity contribution in [1.82, 2.24) is 9.97 Å². The number of thiocarbonyl (C=S) groups is 1. The van der Waals surface area contributed by atoms with Gasteiger partial charge in [0.05, 0.1) is 0 Å². The van der Waals surface area contributed by atoms with Crippen LogP contribution in [0.4, 0.5) is 5.82 Å². The normalized spacial score (nSPS) is 24.3. The summed E-state index contributed by atoms with van der Waals surface area (Å²) < 4.78 is 0. The van der Waals surface area contributed by atoms with Crippen molar-refractivity contribution in [3.63, 3.8) is 0 Å². The molecule has 0 saturated heterocycles. The van der Waals surface area contributed by atoms with Crippen LogP contribution in [0.15, 0.2) is 12.4 Å². The van der Waals surface area contributed by atoms with Crippen LogP contribution in [0.2, 0.25) is 0 Å². The maximum absolute atomic E-state index is 5.63. The van der Waals surface area contributed by atoms with Gasteiger partial charge in [-0.25, -0.2) is 9.97 Å². The zero-order chi connectivity index (χ0) is 12.3. The number of hydrogen-bond donors (Lipinski definition) is 2. The first-order chi connectivity index (χ1) is 8.16. The first kappa shape index (κ1) is 12.2. The van der Waals surface area contributed by atoms with E-state index in [-0.39, 0.29) is 0 Å². The largest absolute Gasteiger partial charge is 0.388 e. The quantitative estimate of drug-likeness (QED) is 0.804. The van der Waals surface area contributed by atoms with Crippen LogP contribution in [0.1, 0.15) is 38.3 Å². The molecule has 0 aromatic carbocycles.